The predicted molar refractivity (Wildman–Crippen MR) is 59.0 cm³/mol. The molecule has 0 saturated heterocycles. The fraction of sp³-hybridized carbons (Fsp3) is 0.300. The van der Waals surface area contributed by atoms with Gasteiger partial charge in [0.05, 0.1) is 17.6 Å². The molecule has 0 saturated carbocycles. The second-order valence-corrected chi connectivity index (χ2v) is 4.09. The number of allylic oxidation sites excluding steroid dienone is 1. The molecule has 0 radical (unpaired) electrons. The molecule has 0 aromatic heterocycles. The molecule has 2 heterocycles. The van der Waals surface area contributed by atoms with E-state index in [4.69, 9.17) is 4.74 Å². The maximum absolute atomic E-state index is 11.5. The number of rotatable bonds is 2. The Morgan fingerprint density at radius 1 is 1.69 bits per heavy atom. The number of hydrogen-bond acceptors (Lipinski definition) is 5. The Kier molecular flexibility index (Phi) is 2.82. The van der Waals surface area contributed by atoms with Gasteiger partial charge in [-0.25, -0.2) is 9.79 Å². The number of aliphatic hydroxyl groups excluding tert-OH is 1. The van der Waals surface area contributed by atoms with Crippen LogP contribution in [0, 0.1) is 5.92 Å². The highest BCUT2D eigenvalue weighted by Crippen LogP contribution is 2.34. The molecule has 5 nitrogen and oxygen atoms in total. The summed E-state index contributed by atoms with van der Waals surface area (Å²) in [5, 5.41) is 12.0. The first kappa shape index (κ1) is 10.9. The van der Waals surface area contributed by atoms with Crippen molar-refractivity contribution < 1.29 is 19.4 Å². The van der Waals surface area contributed by atoms with Crippen molar-refractivity contribution in [3.05, 3.63) is 22.8 Å². The van der Waals surface area contributed by atoms with E-state index in [1.54, 1.807) is 18.4 Å². The lowest BCUT2D eigenvalue weighted by molar-refractivity contribution is -0.140. The summed E-state index contributed by atoms with van der Waals surface area (Å²) in [6.45, 7) is 1.78. The number of carbonyl (C=O) groups excluding carboxylic acids is 2. The fourth-order valence-electron chi connectivity index (χ4n) is 1.46. The third-order valence-electron chi connectivity index (χ3n) is 2.18. The van der Waals surface area contributed by atoms with Crippen LogP contribution in [0.4, 0.5) is 0 Å². The number of hydrogen-bond donors (Lipinski definition) is 1. The van der Waals surface area contributed by atoms with E-state index >= 15 is 0 Å². The van der Waals surface area contributed by atoms with Crippen molar-refractivity contribution in [3.8, 4) is 0 Å². The summed E-state index contributed by atoms with van der Waals surface area (Å²) in [6, 6.07) is 0. The molecule has 0 aromatic carbocycles. The van der Waals surface area contributed by atoms with Crippen LogP contribution in [-0.4, -0.2) is 28.6 Å². The molecular formula is C10H9NO4S. The van der Waals surface area contributed by atoms with Crippen molar-refractivity contribution in [2.75, 3.05) is 6.61 Å². The Morgan fingerprint density at radius 3 is 3.12 bits per heavy atom. The van der Waals surface area contributed by atoms with Crippen LogP contribution in [0.3, 0.4) is 0 Å². The second kappa shape index (κ2) is 4.13. The van der Waals surface area contributed by atoms with E-state index in [2.05, 4.69) is 4.99 Å². The van der Waals surface area contributed by atoms with Gasteiger partial charge in [-0.2, -0.15) is 0 Å². The topological polar surface area (TPSA) is 76.0 Å². The third kappa shape index (κ3) is 1.65. The van der Waals surface area contributed by atoms with E-state index in [0.29, 0.717) is 5.04 Å². The van der Waals surface area contributed by atoms with Gasteiger partial charge in [0.2, 0.25) is 0 Å². The molecule has 0 spiro atoms. The molecule has 0 aromatic rings. The van der Waals surface area contributed by atoms with Gasteiger partial charge in [-0.1, -0.05) is 17.8 Å². The highest BCUT2D eigenvalue weighted by Gasteiger charge is 2.36. The number of amides is 1. The Bertz CT molecular complexity index is 450. The lowest BCUT2D eigenvalue weighted by Gasteiger charge is -2.16. The van der Waals surface area contributed by atoms with Gasteiger partial charge in [-0.3, -0.25) is 4.79 Å². The molecule has 0 bridgehead atoms. The van der Waals surface area contributed by atoms with E-state index in [1.807, 2.05) is 0 Å². The summed E-state index contributed by atoms with van der Waals surface area (Å²) < 4.78 is 4.69. The van der Waals surface area contributed by atoms with Crippen LogP contribution >= 0.6 is 11.8 Å². The lowest BCUT2D eigenvalue weighted by Crippen LogP contribution is -2.26. The first-order valence-electron chi connectivity index (χ1n) is 4.71. The van der Waals surface area contributed by atoms with Crippen LogP contribution in [0.5, 0.6) is 0 Å². The van der Waals surface area contributed by atoms with Crippen LogP contribution < -0.4 is 0 Å². The molecule has 0 aliphatic carbocycles. The smallest absolute Gasteiger partial charge is 0.347 e. The summed E-state index contributed by atoms with van der Waals surface area (Å²) >= 11 is 1.26. The highest BCUT2D eigenvalue weighted by molar-refractivity contribution is 8.16. The maximum Gasteiger partial charge on any atom is 0.347 e. The van der Waals surface area contributed by atoms with Crippen LogP contribution in [0.1, 0.15) is 6.92 Å². The van der Waals surface area contributed by atoms with Gasteiger partial charge in [0.15, 0.2) is 5.57 Å². The molecule has 2 aliphatic heterocycles. The number of aliphatic imine (C=N–C) groups is 1. The van der Waals surface area contributed by atoms with Gasteiger partial charge in [0, 0.05) is 0 Å². The van der Waals surface area contributed by atoms with Crippen molar-refractivity contribution in [3.63, 3.8) is 0 Å². The summed E-state index contributed by atoms with van der Waals surface area (Å²) in [4.78, 5) is 26.7. The number of nitrogens with zero attached hydrogens (tertiary/aromatic N) is 1. The van der Waals surface area contributed by atoms with E-state index in [9.17, 15) is 14.7 Å². The first-order chi connectivity index (χ1) is 7.65. The number of thioether (sulfide) groups is 1. The molecule has 1 N–H and O–H groups in total. The zero-order valence-corrected chi connectivity index (χ0v) is 9.28. The summed E-state index contributed by atoms with van der Waals surface area (Å²) in [7, 11) is 0. The molecule has 2 aliphatic rings. The first-order valence-corrected chi connectivity index (χ1v) is 5.59. The number of esters is 1. The van der Waals surface area contributed by atoms with Crippen molar-refractivity contribution in [2.24, 2.45) is 10.9 Å². The minimum atomic E-state index is -0.821. The quantitative estimate of drug-likeness (QED) is 0.578. The van der Waals surface area contributed by atoms with Crippen molar-refractivity contribution in [1.29, 1.82) is 0 Å². The molecule has 1 atom stereocenters. The lowest BCUT2D eigenvalue weighted by atomic mass is 10.0. The van der Waals surface area contributed by atoms with E-state index < -0.39 is 17.8 Å². The average molecular weight is 239 g/mol. The molecule has 84 valence electrons. The van der Waals surface area contributed by atoms with E-state index in [-0.39, 0.29) is 17.9 Å². The van der Waals surface area contributed by atoms with Gasteiger partial charge in [-0.15, -0.1) is 0 Å². The molecule has 2 rings (SSSR count). The Morgan fingerprint density at radius 2 is 2.44 bits per heavy atom. The van der Waals surface area contributed by atoms with Crippen LogP contribution in [0.25, 0.3) is 0 Å². The summed E-state index contributed by atoms with van der Waals surface area (Å²) in [5.74, 6) is -2.30. The molecule has 6 heteroatoms. The van der Waals surface area contributed by atoms with E-state index in [1.165, 1.54) is 11.8 Å². The van der Waals surface area contributed by atoms with Crippen molar-refractivity contribution >= 4 is 28.7 Å². The van der Waals surface area contributed by atoms with Gasteiger partial charge in [-0.05, 0) is 12.3 Å². The maximum atomic E-state index is 11.5. The Hall–Kier alpha value is -1.56. The Labute approximate surface area is 95.9 Å². The largest absolute Gasteiger partial charge is 0.510 e. The number of aliphatic hydroxyl groups is 1. The molecule has 1 amide bonds. The number of carbonyl (C=O) groups is 2. The van der Waals surface area contributed by atoms with Crippen LogP contribution in [0.15, 0.2) is 27.8 Å². The zero-order chi connectivity index (χ0) is 11.7. The van der Waals surface area contributed by atoms with E-state index in [0.717, 1.165) is 0 Å². The SMILES string of the molecule is CCOC(=O)C1=C(O)C2C=CSC2=NC1=O. The second-order valence-electron chi connectivity index (χ2n) is 3.16. The number of fused-ring (bicyclic) bond motifs is 1. The number of ether oxygens (including phenoxy) is 1. The normalized spacial score (nSPS) is 23.2. The zero-order valence-electron chi connectivity index (χ0n) is 8.47. The fourth-order valence-corrected chi connectivity index (χ4v) is 2.31. The average Bonchev–Trinajstić information content (AvgIpc) is 2.66. The predicted octanol–water partition coefficient (Wildman–Crippen LogP) is 1.18. The Balaban J connectivity index is 2.36. The summed E-state index contributed by atoms with van der Waals surface area (Å²) in [5.41, 5.74) is -0.359. The standard InChI is InChI=1S/C10H9NO4S/c1-2-15-10(14)6-7(12)5-3-4-16-9(5)11-8(6)13/h3-5,12H,2H2,1H3. The molecule has 16 heavy (non-hydrogen) atoms. The summed E-state index contributed by atoms with van der Waals surface area (Å²) in [6.07, 6.45) is 1.69. The molecular weight excluding hydrogens is 230 g/mol. The van der Waals surface area contributed by atoms with Gasteiger partial charge < -0.3 is 9.84 Å². The van der Waals surface area contributed by atoms with Crippen molar-refractivity contribution in [2.45, 2.75) is 6.92 Å². The monoisotopic (exact) mass is 239 g/mol. The van der Waals surface area contributed by atoms with Crippen molar-refractivity contribution in [1.82, 2.24) is 0 Å². The van der Waals surface area contributed by atoms with Gasteiger partial charge >= 0.3 is 5.97 Å². The minimum absolute atomic E-state index is 0.148. The number of dihydropyridines is 1. The highest BCUT2D eigenvalue weighted by atomic mass is 32.2. The third-order valence-corrected chi connectivity index (χ3v) is 3.06. The minimum Gasteiger partial charge on any atom is -0.510 e. The van der Waals surface area contributed by atoms with Crippen LogP contribution in [0.2, 0.25) is 0 Å². The van der Waals surface area contributed by atoms with Crippen LogP contribution in [-0.2, 0) is 14.3 Å². The van der Waals surface area contributed by atoms with Gasteiger partial charge in [0.25, 0.3) is 5.91 Å². The molecule has 1 unspecified atom stereocenters. The molecule has 0 fully saturated rings. The van der Waals surface area contributed by atoms with Gasteiger partial charge in [0.1, 0.15) is 5.76 Å².